The SMILES string of the molecule is c1ccc(-c2cc(-c3ccccc3)nc(-n3c4ccccc4c4cc(-c5ccc6c7ccccc7n(-c7ccc(-c8ccc9oc%10ccccc%10c9c8)cc7)c6c5)ccc43)n2)cc1. The van der Waals surface area contributed by atoms with Crippen LogP contribution in [-0.4, -0.2) is 19.1 Å². The first-order chi connectivity index (χ1) is 31.2. The third-order valence-electron chi connectivity index (χ3n) is 12.6. The number of hydrogen-bond donors (Lipinski definition) is 0. The molecule has 63 heavy (non-hydrogen) atoms. The Kier molecular flexibility index (Phi) is 7.84. The standard InChI is InChI=1S/C58H36N4O/c1-3-13-38(14-4-1)50-36-51(39-15-5-2-6-16-39)60-58(59-50)62-53-21-11-8-18-45(53)48-33-41(26-31-54(48)62)42-25-30-46-44-17-7-10-20-52(44)61(55(46)35-42)43-28-23-37(24-29-43)40-27-32-57-49(34-40)47-19-9-12-22-56(47)63-57/h1-36H. The normalized spacial score (nSPS) is 11.8. The van der Waals surface area contributed by atoms with Crippen molar-refractivity contribution in [1.82, 2.24) is 19.1 Å². The van der Waals surface area contributed by atoms with Crippen molar-refractivity contribution in [3.63, 3.8) is 0 Å². The minimum Gasteiger partial charge on any atom is -0.456 e. The van der Waals surface area contributed by atoms with Gasteiger partial charge >= 0.3 is 0 Å². The van der Waals surface area contributed by atoms with Crippen LogP contribution in [0.3, 0.4) is 0 Å². The summed E-state index contributed by atoms with van der Waals surface area (Å²) < 4.78 is 10.7. The van der Waals surface area contributed by atoms with Crippen molar-refractivity contribution in [1.29, 1.82) is 0 Å². The van der Waals surface area contributed by atoms with E-state index in [0.717, 1.165) is 99.7 Å². The average Bonchev–Trinajstić information content (AvgIpc) is 4.01. The molecule has 4 heterocycles. The number of fused-ring (bicyclic) bond motifs is 9. The van der Waals surface area contributed by atoms with E-state index in [1.54, 1.807) is 0 Å². The molecule has 5 nitrogen and oxygen atoms in total. The van der Waals surface area contributed by atoms with Crippen LogP contribution >= 0.6 is 0 Å². The average molecular weight is 805 g/mol. The van der Waals surface area contributed by atoms with E-state index in [9.17, 15) is 0 Å². The summed E-state index contributed by atoms with van der Waals surface area (Å²) in [6.45, 7) is 0. The number of benzene rings is 9. The molecule has 0 aliphatic carbocycles. The van der Waals surface area contributed by atoms with E-state index >= 15 is 0 Å². The number of aromatic nitrogens is 4. The van der Waals surface area contributed by atoms with Crippen LogP contribution in [0.4, 0.5) is 0 Å². The summed E-state index contributed by atoms with van der Waals surface area (Å²) >= 11 is 0. The molecule has 0 atom stereocenters. The second kappa shape index (κ2) is 14.0. The fourth-order valence-corrected chi connectivity index (χ4v) is 9.55. The molecule has 0 saturated carbocycles. The highest BCUT2D eigenvalue weighted by Crippen LogP contribution is 2.39. The molecule has 13 rings (SSSR count). The second-order valence-corrected chi connectivity index (χ2v) is 16.2. The Morgan fingerprint density at radius 1 is 0.286 bits per heavy atom. The Balaban J connectivity index is 0.937. The minimum atomic E-state index is 0.640. The van der Waals surface area contributed by atoms with Crippen molar-refractivity contribution in [3.05, 3.63) is 218 Å². The zero-order valence-electron chi connectivity index (χ0n) is 34.0. The lowest BCUT2D eigenvalue weighted by atomic mass is 10.0. The van der Waals surface area contributed by atoms with Gasteiger partial charge in [0.15, 0.2) is 0 Å². The van der Waals surface area contributed by atoms with Gasteiger partial charge < -0.3 is 8.98 Å². The van der Waals surface area contributed by atoms with Crippen LogP contribution in [0, 0.1) is 0 Å². The quantitative estimate of drug-likeness (QED) is 0.168. The highest BCUT2D eigenvalue weighted by atomic mass is 16.3. The van der Waals surface area contributed by atoms with Gasteiger partial charge in [0.25, 0.3) is 0 Å². The summed E-state index contributed by atoms with van der Waals surface area (Å²) in [4.78, 5) is 10.5. The fourth-order valence-electron chi connectivity index (χ4n) is 9.55. The Morgan fingerprint density at radius 3 is 1.51 bits per heavy atom. The van der Waals surface area contributed by atoms with Crippen molar-refractivity contribution < 1.29 is 4.42 Å². The van der Waals surface area contributed by atoms with Crippen LogP contribution in [0.1, 0.15) is 0 Å². The molecule has 0 spiro atoms. The van der Waals surface area contributed by atoms with E-state index in [-0.39, 0.29) is 0 Å². The van der Waals surface area contributed by atoms with E-state index in [2.05, 4.69) is 203 Å². The van der Waals surface area contributed by atoms with E-state index < -0.39 is 0 Å². The van der Waals surface area contributed by atoms with Crippen LogP contribution in [0.25, 0.3) is 122 Å². The third-order valence-corrected chi connectivity index (χ3v) is 12.6. The zero-order chi connectivity index (χ0) is 41.4. The highest BCUT2D eigenvalue weighted by molar-refractivity contribution is 6.12. The van der Waals surface area contributed by atoms with Gasteiger partial charge in [0.2, 0.25) is 5.95 Å². The lowest BCUT2D eigenvalue weighted by Crippen LogP contribution is -2.03. The monoisotopic (exact) mass is 804 g/mol. The first-order valence-corrected chi connectivity index (χ1v) is 21.3. The molecule has 0 radical (unpaired) electrons. The van der Waals surface area contributed by atoms with E-state index in [0.29, 0.717) is 5.95 Å². The molecule has 0 fully saturated rings. The first kappa shape index (κ1) is 35.2. The molecular weight excluding hydrogens is 769 g/mol. The molecule has 294 valence electrons. The van der Waals surface area contributed by atoms with Crippen LogP contribution in [0.15, 0.2) is 223 Å². The van der Waals surface area contributed by atoms with Crippen LogP contribution in [0.5, 0.6) is 0 Å². The molecule has 5 heteroatoms. The molecular formula is C58H36N4O. The van der Waals surface area contributed by atoms with Crippen LogP contribution in [-0.2, 0) is 0 Å². The molecule has 9 aromatic carbocycles. The topological polar surface area (TPSA) is 48.8 Å². The van der Waals surface area contributed by atoms with Gasteiger partial charge in [-0.15, -0.1) is 0 Å². The van der Waals surface area contributed by atoms with Gasteiger partial charge in [-0.2, -0.15) is 0 Å². The number of para-hydroxylation sites is 3. The number of nitrogens with zero attached hydrogens (tertiary/aromatic N) is 4. The summed E-state index contributed by atoms with van der Waals surface area (Å²) in [5.41, 5.74) is 15.9. The summed E-state index contributed by atoms with van der Waals surface area (Å²) in [5.74, 6) is 0.640. The lowest BCUT2D eigenvalue weighted by Gasteiger charge is -2.12. The van der Waals surface area contributed by atoms with E-state index in [1.165, 1.54) is 16.3 Å². The third kappa shape index (κ3) is 5.71. The highest BCUT2D eigenvalue weighted by Gasteiger charge is 2.19. The van der Waals surface area contributed by atoms with Gasteiger partial charge in [0.05, 0.1) is 33.5 Å². The van der Waals surface area contributed by atoms with Crippen molar-refractivity contribution in [3.8, 4) is 56.4 Å². The maximum Gasteiger partial charge on any atom is 0.235 e. The largest absolute Gasteiger partial charge is 0.456 e. The molecule has 0 N–H and O–H groups in total. The van der Waals surface area contributed by atoms with Gasteiger partial charge in [0, 0.05) is 49.1 Å². The van der Waals surface area contributed by atoms with Crippen LogP contribution < -0.4 is 0 Å². The molecule has 0 amide bonds. The van der Waals surface area contributed by atoms with Crippen molar-refractivity contribution in [2.24, 2.45) is 0 Å². The van der Waals surface area contributed by atoms with E-state index in [4.69, 9.17) is 14.4 Å². The van der Waals surface area contributed by atoms with Crippen molar-refractivity contribution in [2.75, 3.05) is 0 Å². The van der Waals surface area contributed by atoms with Gasteiger partial charge in [0.1, 0.15) is 11.2 Å². The number of rotatable bonds is 6. The minimum absolute atomic E-state index is 0.640. The lowest BCUT2D eigenvalue weighted by molar-refractivity contribution is 0.669. The van der Waals surface area contributed by atoms with Crippen LogP contribution in [0.2, 0.25) is 0 Å². The maximum atomic E-state index is 6.12. The molecule has 13 aromatic rings. The molecule has 0 aliphatic heterocycles. The Bertz CT molecular complexity index is 3840. The van der Waals surface area contributed by atoms with Gasteiger partial charge in [-0.05, 0) is 89.0 Å². The van der Waals surface area contributed by atoms with Crippen molar-refractivity contribution in [2.45, 2.75) is 0 Å². The van der Waals surface area contributed by atoms with Gasteiger partial charge in [-0.1, -0.05) is 152 Å². The Labute approximate surface area is 362 Å². The summed E-state index contributed by atoms with van der Waals surface area (Å²) in [5, 5.41) is 7.02. The summed E-state index contributed by atoms with van der Waals surface area (Å²) in [7, 11) is 0. The predicted octanol–water partition coefficient (Wildman–Crippen LogP) is 15.2. The molecule has 0 bridgehead atoms. The van der Waals surface area contributed by atoms with Gasteiger partial charge in [-0.3, -0.25) is 4.57 Å². The number of hydrogen-bond acceptors (Lipinski definition) is 3. The van der Waals surface area contributed by atoms with Gasteiger partial charge in [-0.25, -0.2) is 9.97 Å². The second-order valence-electron chi connectivity index (χ2n) is 16.2. The summed E-state index contributed by atoms with van der Waals surface area (Å²) in [6, 6.07) is 77.5. The maximum absolute atomic E-state index is 6.12. The van der Waals surface area contributed by atoms with E-state index in [1.807, 2.05) is 24.3 Å². The first-order valence-electron chi connectivity index (χ1n) is 21.3. The predicted molar refractivity (Wildman–Crippen MR) is 260 cm³/mol. The molecule has 0 aliphatic rings. The Hall–Kier alpha value is -8.54. The molecule has 0 unspecified atom stereocenters. The smallest absolute Gasteiger partial charge is 0.235 e. The summed E-state index contributed by atoms with van der Waals surface area (Å²) in [6.07, 6.45) is 0. The Morgan fingerprint density at radius 2 is 0.778 bits per heavy atom. The van der Waals surface area contributed by atoms with Crippen molar-refractivity contribution >= 4 is 65.6 Å². The molecule has 4 aromatic heterocycles. The molecule has 0 saturated heterocycles. The fraction of sp³-hybridized carbons (Fsp3) is 0. The zero-order valence-corrected chi connectivity index (χ0v) is 34.0. The number of furan rings is 1.